The van der Waals surface area contributed by atoms with Crippen molar-refractivity contribution in [3.05, 3.63) is 40.9 Å². The average molecular weight is 235 g/mol. The number of rotatable bonds is 1. The predicted molar refractivity (Wildman–Crippen MR) is 67.5 cm³/mol. The van der Waals surface area contributed by atoms with E-state index in [0.29, 0.717) is 11.4 Å². The SMILES string of the molecule is CC1(C)CC(=O)C=C(c2cccc(Cl)c2)C1. The normalized spacial score (nSPS) is 19.4. The predicted octanol–water partition coefficient (Wildman–Crippen LogP) is 4.11. The molecule has 1 aromatic carbocycles. The maximum atomic E-state index is 11.6. The van der Waals surface area contributed by atoms with Gasteiger partial charge in [-0.25, -0.2) is 0 Å². The molecule has 0 atom stereocenters. The third-order valence-electron chi connectivity index (χ3n) is 2.85. The Hall–Kier alpha value is -1.08. The Morgan fingerprint density at radius 2 is 2.00 bits per heavy atom. The van der Waals surface area contributed by atoms with Gasteiger partial charge in [0.25, 0.3) is 0 Å². The second-order valence-corrected chi connectivity index (χ2v) is 5.60. The van der Waals surface area contributed by atoms with Crippen LogP contribution in [0.4, 0.5) is 0 Å². The van der Waals surface area contributed by atoms with E-state index in [0.717, 1.165) is 17.6 Å². The lowest BCUT2D eigenvalue weighted by molar-refractivity contribution is -0.116. The molecule has 1 aliphatic carbocycles. The number of allylic oxidation sites excluding steroid dienone is 2. The summed E-state index contributed by atoms with van der Waals surface area (Å²) in [5.41, 5.74) is 2.22. The molecule has 0 fully saturated rings. The van der Waals surface area contributed by atoms with Crippen molar-refractivity contribution in [3.63, 3.8) is 0 Å². The van der Waals surface area contributed by atoms with Crippen molar-refractivity contribution in [1.82, 2.24) is 0 Å². The zero-order chi connectivity index (χ0) is 11.8. The van der Waals surface area contributed by atoms with E-state index in [-0.39, 0.29) is 11.2 Å². The minimum Gasteiger partial charge on any atom is -0.295 e. The van der Waals surface area contributed by atoms with Crippen LogP contribution in [0, 0.1) is 5.41 Å². The Balaban J connectivity index is 2.38. The lowest BCUT2D eigenvalue weighted by atomic mass is 9.75. The van der Waals surface area contributed by atoms with Gasteiger partial charge in [0.15, 0.2) is 5.78 Å². The monoisotopic (exact) mass is 234 g/mol. The summed E-state index contributed by atoms with van der Waals surface area (Å²) in [4.78, 5) is 11.6. The molecule has 0 N–H and O–H groups in total. The summed E-state index contributed by atoms with van der Waals surface area (Å²) in [6.07, 6.45) is 3.33. The summed E-state index contributed by atoms with van der Waals surface area (Å²) in [7, 11) is 0. The van der Waals surface area contributed by atoms with E-state index in [1.54, 1.807) is 6.08 Å². The molecule has 1 aromatic rings. The first-order valence-corrected chi connectivity index (χ1v) is 5.83. The zero-order valence-electron chi connectivity index (χ0n) is 9.59. The summed E-state index contributed by atoms with van der Waals surface area (Å²) < 4.78 is 0. The summed E-state index contributed by atoms with van der Waals surface area (Å²) in [6, 6.07) is 7.69. The van der Waals surface area contributed by atoms with Crippen LogP contribution in [0.2, 0.25) is 5.02 Å². The molecule has 1 aliphatic rings. The lowest BCUT2D eigenvalue weighted by Gasteiger charge is -2.29. The summed E-state index contributed by atoms with van der Waals surface area (Å²) in [6.45, 7) is 4.25. The summed E-state index contributed by atoms with van der Waals surface area (Å²) >= 11 is 5.96. The van der Waals surface area contributed by atoms with Crippen molar-refractivity contribution in [2.24, 2.45) is 5.41 Å². The topological polar surface area (TPSA) is 17.1 Å². The number of ketones is 1. The standard InChI is InChI=1S/C14H15ClO/c1-14(2)8-11(7-13(16)9-14)10-4-3-5-12(15)6-10/h3-7H,8-9H2,1-2H3. The highest BCUT2D eigenvalue weighted by Gasteiger charge is 2.27. The summed E-state index contributed by atoms with van der Waals surface area (Å²) in [5, 5.41) is 0.717. The molecule has 0 bridgehead atoms. The van der Waals surface area contributed by atoms with Crippen LogP contribution in [0.25, 0.3) is 5.57 Å². The first kappa shape index (κ1) is 11.4. The smallest absolute Gasteiger partial charge is 0.156 e. The quantitative estimate of drug-likeness (QED) is 0.715. The molecule has 0 spiro atoms. The highest BCUT2D eigenvalue weighted by Crippen LogP contribution is 2.38. The molecule has 0 saturated heterocycles. The van der Waals surface area contributed by atoms with Crippen LogP contribution in [0.3, 0.4) is 0 Å². The van der Waals surface area contributed by atoms with Crippen LogP contribution < -0.4 is 0 Å². The third kappa shape index (κ3) is 2.53. The number of carbonyl (C=O) groups is 1. The van der Waals surface area contributed by atoms with Gasteiger partial charge >= 0.3 is 0 Å². The molecule has 16 heavy (non-hydrogen) atoms. The molecule has 0 radical (unpaired) electrons. The first-order chi connectivity index (χ1) is 7.46. The molecule has 0 aliphatic heterocycles. The van der Waals surface area contributed by atoms with E-state index in [1.165, 1.54) is 0 Å². The second-order valence-electron chi connectivity index (χ2n) is 5.16. The minimum absolute atomic E-state index is 0.0590. The number of carbonyl (C=O) groups excluding carboxylic acids is 1. The van der Waals surface area contributed by atoms with Gasteiger partial charge in [-0.1, -0.05) is 37.6 Å². The Morgan fingerprint density at radius 1 is 1.25 bits per heavy atom. The number of hydrogen-bond acceptors (Lipinski definition) is 1. The Labute approximate surface area is 101 Å². The Kier molecular flexibility index (Phi) is 2.90. The molecule has 0 unspecified atom stereocenters. The molecule has 2 heteroatoms. The van der Waals surface area contributed by atoms with Gasteiger partial charge in [-0.05, 0) is 41.2 Å². The molecule has 84 valence electrons. The van der Waals surface area contributed by atoms with Gasteiger partial charge in [-0.3, -0.25) is 4.79 Å². The first-order valence-electron chi connectivity index (χ1n) is 5.46. The van der Waals surface area contributed by atoms with Gasteiger partial charge < -0.3 is 0 Å². The third-order valence-corrected chi connectivity index (χ3v) is 3.09. The molecule has 1 nitrogen and oxygen atoms in total. The Bertz CT molecular complexity index is 458. The molecule has 0 saturated carbocycles. The maximum Gasteiger partial charge on any atom is 0.156 e. The van der Waals surface area contributed by atoms with Crippen molar-refractivity contribution in [3.8, 4) is 0 Å². The van der Waals surface area contributed by atoms with Crippen LogP contribution in [0.5, 0.6) is 0 Å². The van der Waals surface area contributed by atoms with E-state index in [9.17, 15) is 4.79 Å². The van der Waals surface area contributed by atoms with Crippen molar-refractivity contribution in [1.29, 1.82) is 0 Å². The van der Waals surface area contributed by atoms with Crippen LogP contribution in [0.15, 0.2) is 30.3 Å². The van der Waals surface area contributed by atoms with E-state index < -0.39 is 0 Å². The van der Waals surface area contributed by atoms with Gasteiger partial charge in [0, 0.05) is 11.4 Å². The highest BCUT2D eigenvalue weighted by atomic mass is 35.5. The fraction of sp³-hybridized carbons (Fsp3) is 0.357. The van der Waals surface area contributed by atoms with E-state index in [2.05, 4.69) is 13.8 Å². The van der Waals surface area contributed by atoms with Crippen LogP contribution in [0.1, 0.15) is 32.3 Å². The van der Waals surface area contributed by atoms with Crippen LogP contribution in [-0.2, 0) is 4.79 Å². The Morgan fingerprint density at radius 3 is 2.62 bits per heavy atom. The van der Waals surface area contributed by atoms with Gasteiger partial charge in [0.05, 0.1) is 0 Å². The fourth-order valence-corrected chi connectivity index (χ4v) is 2.41. The molecule has 0 aromatic heterocycles. The van der Waals surface area contributed by atoms with Crippen molar-refractivity contribution < 1.29 is 4.79 Å². The van der Waals surface area contributed by atoms with Crippen molar-refractivity contribution in [2.45, 2.75) is 26.7 Å². The fourth-order valence-electron chi connectivity index (χ4n) is 2.22. The summed E-state index contributed by atoms with van der Waals surface area (Å²) in [5.74, 6) is 0.214. The minimum atomic E-state index is 0.0590. The number of benzene rings is 1. The molecular formula is C14H15ClO. The zero-order valence-corrected chi connectivity index (χ0v) is 10.3. The molecule has 0 heterocycles. The lowest BCUT2D eigenvalue weighted by Crippen LogP contribution is -2.21. The van der Waals surface area contributed by atoms with E-state index >= 15 is 0 Å². The molecular weight excluding hydrogens is 220 g/mol. The van der Waals surface area contributed by atoms with Gasteiger partial charge in [-0.15, -0.1) is 0 Å². The van der Waals surface area contributed by atoms with Gasteiger partial charge in [0.2, 0.25) is 0 Å². The van der Waals surface area contributed by atoms with Crippen molar-refractivity contribution in [2.75, 3.05) is 0 Å². The van der Waals surface area contributed by atoms with E-state index in [1.807, 2.05) is 24.3 Å². The van der Waals surface area contributed by atoms with Gasteiger partial charge in [-0.2, -0.15) is 0 Å². The van der Waals surface area contributed by atoms with Crippen LogP contribution in [-0.4, -0.2) is 5.78 Å². The van der Waals surface area contributed by atoms with Crippen molar-refractivity contribution >= 4 is 23.0 Å². The van der Waals surface area contributed by atoms with E-state index in [4.69, 9.17) is 11.6 Å². The number of halogens is 1. The maximum absolute atomic E-state index is 11.6. The average Bonchev–Trinajstić information content (AvgIpc) is 2.14. The van der Waals surface area contributed by atoms with Gasteiger partial charge in [0.1, 0.15) is 0 Å². The molecule has 0 amide bonds. The largest absolute Gasteiger partial charge is 0.295 e. The number of hydrogen-bond donors (Lipinski definition) is 0. The highest BCUT2D eigenvalue weighted by molar-refractivity contribution is 6.30. The van der Waals surface area contributed by atoms with Crippen LogP contribution >= 0.6 is 11.6 Å². The second kappa shape index (κ2) is 4.06. The molecule has 2 rings (SSSR count).